The fourth-order valence-corrected chi connectivity index (χ4v) is 4.76. The van der Waals surface area contributed by atoms with Crippen LogP contribution in [-0.2, 0) is 6.54 Å². The number of halogens is 1. The largest absolute Gasteiger partial charge is 0.494 e. The van der Waals surface area contributed by atoms with E-state index in [4.69, 9.17) is 16.3 Å². The maximum atomic E-state index is 13.3. The van der Waals surface area contributed by atoms with Crippen LogP contribution in [0.15, 0.2) is 53.3 Å². The van der Waals surface area contributed by atoms with Crippen molar-refractivity contribution in [2.24, 2.45) is 0 Å². The van der Waals surface area contributed by atoms with E-state index in [-0.39, 0.29) is 24.2 Å². The van der Waals surface area contributed by atoms with E-state index in [1.165, 1.54) is 0 Å². The lowest BCUT2D eigenvalue weighted by molar-refractivity contribution is 0.174. The van der Waals surface area contributed by atoms with Crippen LogP contribution in [0.25, 0.3) is 10.9 Å². The van der Waals surface area contributed by atoms with Crippen LogP contribution in [0.4, 0.5) is 10.5 Å². The number of H-pyrrole nitrogens is 1. The number of anilines is 1. The SMILES string of the molecule is CCOc1ccc2[nH]c(=O)c(CN(CC3CCCN3CC)C(=O)Nc3cccc(Cl)c3)cc2c1. The van der Waals surface area contributed by atoms with Gasteiger partial charge in [0.25, 0.3) is 5.56 Å². The highest BCUT2D eigenvalue weighted by atomic mass is 35.5. The minimum absolute atomic E-state index is 0.198. The molecule has 1 aliphatic rings. The van der Waals surface area contributed by atoms with Crippen molar-refractivity contribution in [1.82, 2.24) is 14.8 Å². The van der Waals surface area contributed by atoms with Gasteiger partial charge in [-0.15, -0.1) is 0 Å². The lowest BCUT2D eigenvalue weighted by atomic mass is 10.1. The number of pyridine rings is 1. The molecule has 0 radical (unpaired) electrons. The van der Waals surface area contributed by atoms with Crippen molar-refractivity contribution in [2.45, 2.75) is 39.3 Å². The summed E-state index contributed by atoms with van der Waals surface area (Å²) in [5, 5.41) is 4.36. The van der Waals surface area contributed by atoms with Gasteiger partial charge in [-0.25, -0.2) is 4.79 Å². The molecule has 0 saturated carbocycles. The van der Waals surface area contributed by atoms with E-state index in [1.807, 2.05) is 31.2 Å². The second-order valence-corrected chi connectivity index (χ2v) is 8.99. The van der Waals surface area contributed by atoms with Crippen molar-refractivity contribution >= 4 is 34.2 Å². The Balaban J connectivity index is 1.62. The van der Waals surface area contributed by atoms with Crippen molar-refractivity contribution in [3.8, 4) is 5.75 Å². The summed E-state index contributed by atoms with van der Waals surface area (Å²) in [4.78, 5) is 33.3. The van der Waals surface area contributed by atoms with Crippen LogP contribution in [0.2, 0.25) is 5.02 Å². The van der Waals surface area contributed by atoms with Crippen molar-refractivity contribution in [3.05, 3.63) is 69.5 Å². The molecule has 0 aliphatic carbocycles. The number of aromatic nitrogens is 1. The van der Waals surface area contributed by atoms with Crippen LogP contribution in [0.1, 0.15) is 32.3 Å². The Labute approximate surface area is 204 Å². The van der Waals surface area contributed by atoms with Crippen LogP contribution in [-0.4, -0.2) is 53.1 Å². The molecule has 0 spiro atoms. The van der Waals surface area contributed by atoms with Crippen molar-refractivity contribution in [2.75, 3.05) is 31.6 Å². The molecular weight excluding hydrogens is 452 g/mol. The van der Waals surface area contributed by atoms with Crippen LogP contribution in [0.3, 0.4) is 0 Å². The van der Waals surface area contributed by atoms with Crippen molar-refractivity contribution < 1.29 is 9.53 Å². The number of aromatic amines is 1. The number of fused-ring (bicyclic) bond motifs is 1. The van der Waals surface area contributed by atoms with Gasteiger partial charge in [-0.1, -0.05) is 24.6 Å². The minimum Gasteiger partial charge on any atom is -0.494 e. The highest BCUT2D eigenvalue weighted by Gasteiger charge is 2.28. The van der Waals surface area contributed by atoms with Crippen molar-refractivity contribution in [3.63, 3.8) is 0 Å². The summed E-state index contributed by atoms with van der Waals surface area (Å²) in [5.74, 6) is 0.744. The molecule has 0 bridgehead atoms. The summed E-state index contributed by atoms with van der Waals surface area (Å²) in [6.07, 6.45) is 2.14. The van der Waals surface area contributed by atoms with Gasteiger partial charge < -0.3 is 19.9 Å². The van der Waals surface area contributed by atoms with Crippen LogP contribution >= 0.6 is 11.6 Å². The molecule has 3 aromatic rings. The molecule has 2 N–H and O–H groups in total. The Morgan fingerprint density at radius 1 is 1.24 bits per heavy atom. The number of rotatable bonds is 8. The molecule has 1 aliphatic heterocycles. The van der Waals surface area contributed by atoms with Gasteiger partial charge in [-0.2, -0.15) is 0 Å². The summed E-state index contributed by atoms with van der Waals surface area (Å²) in [6.45, 7) is 7.34. The number of nitrogens with one attached hydrogen (secondary N) is 2. The van der Waals surface area contributed by atoms with E-state index in [0.717, 1.165) is 42.6 Å². The number of benzene rings is 2. The van der Waals surface area contributed by atoms with Gasteiger partial charge in [0.1, 0.15) is 5.75 Å². The number of hydrogen-bond donors (Lipinski definition) is 2. The molecule has 1 unspecified atom stereocenters. The van der Waals surface area contributed by atoms with Gasteiger partial charge in [0, 0.05) is 39.8 Å². The van der Waals surface area contributed by atoms with Gasteiger partial charge >= 0.3 is 6.03 Å². The first-order valence-electron chi connectivity index (χ1n) is 11.8. The Hall–Kier alpha value is -3.03. The molecule has 8 heteroatoms. The average molecular weight is 483 g/mol. The zero-order chi connectivity index (χ0) is 24.1. The van der Waals surface area contributed by atoms with E-state index >= 15 is 0 Å². The van der Waals surface area contributed by atoms with Gasteiger partial charge in [0.15, 0.2) is 0 Å². The van der Waals surface area contributed by atoms with Gasteiger partial charge in [-0.3, -0.25) is 9.69 Å². The minimum atomic E-state index is -0.257. The quantitative estimate of drug-likeness (QED) is 0.468. The lowest BCUT2D eigenvalue weighted by Crippen LogP contribution is -2.45. The second kappa shape index (κ2) is 10.9. The molecule has 1 fully saturated rings. The highest BCUT2D eigenvalue weighted by Crippen LogP contribution is 2.22. The standard InChI is InChI=1S/C26H31ClN4O3/c1-3-30-12-6-9-22(30)17-31(26(33)28-21-8-5-7-20(27)15-21)16-19-13-18-14-23(34-4-2)10-11-24(18)29-25(19)32/h5,7-8,10-11,13-15,22H,3-4,6,9,12,16-17H2,1-2H3,(H,28,33)(H,29,32). The molecule has 34 heavy (non-hydrogen) atoms. The van der Waals surface area contributed by atoms with Crippen LogP contribution < -0.4 is 15.6 Å². The van der Waals surface area contributed by atoms with E-state index in [2.05, 4.69) is 22.1 Å². The molecular formula is C26H31ClN4O3. The topological polar surface area (TPSA) is 77.7 Å². The van der Waals surface area contributed by atoms with Crippen molar-refractivity contribution in [1.29, 1.82) is 0 Å². The fourth-order valence-electron chi connectivity index (χ4n) is 4.57. The number of carbonyl (C=O) groups excluding carboxylic acids is 1. The predicted molar refractivity (Wildman–Crippen MR) is 137 cm³/mol. The number of nitrogens with zero attached hydrogens (tertiary/aromatic N) is 2. The second-order valence-electron chi connectivity index (χ2n) is 8.55. The number of hydrogen-bond acceptors (Lipinski definition) is 4. The molecule has 2 aromatic carbocycles. The smallest absolute Gasteiger partial charge is 0.322 e. The van der Waals surface area contributed by atoms with E-state index in [0.29, 0.717) is 29.4 Å². The Morgan fingerprint density at radius 3 is 2.85 bits per heavy atom. The Kier molecular flexibility index (Phi) is 7.75. The maximum absolute atomic E-state index is 13.3. The summed E-state index contributed by atoms with van der Waals surface area (Å²) in [7, 11) is 0. The number of likely N-dealkylation sites (N-methyl/N-ethyl adjacent to an activating group) is 1. The van der Waals surface area contributed by atoms with Crippen LogP contribution in [0.5, 0.6) is 5.75 Å². The Bertz CT molecular complexity index is 1210. The number of carbonyl (C=O) groups is 1. The van der Waals surface area contributed by atoms with Crippen LogP contribution in [0, 0.1) is 0 Å². The number of urea groups is 1. The molecule has 1 saturated heterocycles. The van der Waals surface area contributed by atoms with E-state index in [1.54, 1.807) is 29.2 Å². The van der Waals surface area contributed by atoms with E-state index < -0.39 is 0 Å². The average Bonchev–Trinajstić information content (AvgIpc) is 3.26. The molecule has 4 rings (SSSR count). The first-order valence-corrected chi connectivity index (χ1v) is 12.2. The highest BCUT2D eigenvalue weighted by molar-refractivity contribution is 6.30. The third-order valence-corrected chi connectivity index (χ3v) is 6.50. The first kappa shape index (κ1) is 24.1. The number of amides is 2. The molecule has 1 atom stereocenters. The normalized spacial score (nSPS) is 16.0. The summed E-state index contributed by atoms with van der Waals surface area (Å²) < 4.78 is 5.61. The third-order valence-electron chi connectivity index (χ3n) is 6.26. The Morgan fingerprint density at radius 2 is 2.09 bits per heavy atom. The maximum Gasteiger partial charge on any atom is 0.322 e. The summed E-state index contributed by atoms with van der Waals surface area (Å²) in [6, 6.07) is 14.5. The summed E-state index contributed by atoms with van der Waals surface area (Å²) >= 11 is 6.10. The number of ether oxygens (including phenoxy) is 1. The molecule has 2 amide bonds. The lowest BCUT2D eigenvalue weighted by Gasteiger charge is -2.30. The zero-order valence-corrected chi connectivity index (χ0v) is 20.4. The molecule has 180 valence electrons. The fraction of sp³-hybridized carbons (Fsp3) is 0.385. The first-order chi connectivity index (χ1) is 16.5. The zero-order valence-electron chi connectivity index (χ0n) is 19.6. The predicted octanol–water partition coefficient (Wildman–Crippen LogP) is 5.10. The van der Waals surface area contributed by atoms with Gasteiger partial charge in [-0.05, 0) is 75.3 Å². The summed E-state index contributed by atoms with van der Waals surface area (Å²) in [5.41, 5.74) is 1.69. The monoisotopic (exact) mass is 482 g/mol. The molecule has 7 nitrogen and oxygen atoms in total. The number of likely N-dealkylation sites (tertiary alicyclic amines) is 1. The van der Waals surface area contributed by atoms with Gasteiger partial charge in [0.2, 0.25) is 0 Å². The van der Waals surface area contributed by atoms with E-state index in [9.17, 15) is 9.59 Å². The molecule has 2 heterocycles. The molecule has 1 aromatic heterocycles. The third kappa shape index (κ3) is 5.72. The van der Waals surface area contributed by atoms with Gasteiger partial charge in [0.05, 0.1) is 13.2 Å².